The van der Waals surface area contributed by atoms with E-state index in [-0.39, 0.29) is 0 Å². The summed E-state index contributed by atoms with van der Waals surface area (Å²) in [5.74, 6) is 0. The Balaban J connectivity index is 3.71. The molecule has 4 nitrogen and oxygen atoms in total. The highest BCUT2D eigenvalue weighted by atomic mass is 16.5. The summed E-state index contributed by atoms with van der Waals surface area (Å²) in [5, 5.41) is 3.42. The van der Waals surface area contributed by atoms with Crippen LogP contribution < -0.4 is 5.32 Å². The van der Waals surface area contributed by atoms with E-state index in [1.165, 1.54) is 6.42 Å². The molecule has 0 aliphatic rings. The van der Waals surface area contributed by atoms with E-state index in [0.29, 0.717) is 6.04 Å². The summed E-state index contributed by atoms with van der Waals surface area (Å²) < 4.78 is 10.2. The molecule has 0 rings (SSSR count). The average molecular weight is 232 g/mol. The van der Waals surface area contributed by atoms with E-state index in [0.717, 1.165) is 39.4 Å². The molecule has 0 aromatic carbocycles. The van der Waals surface area contributed by atoms with Gasteiger partial charge in [0.05, 0.1) is 13.2 Å². The molecule has 1 N–H and O–H groups in total. The van der Waals surface area contributed by atoms with Crippen LogP contribution in [-0.2, 0) is 9.47 Å². The van der Waals surface area contributed by atoms with Gasteiger partial charge in [-0.05, 0) is 26.4 Å². The molecule has 0 aromatic heterocycles. The van der Waals surface area contributed by atoms with Gasteiger partial charge in [0, 0.05) is 33.4 Å². The predicted molar refractivity (Wildman–Crippen MR) is 67.9 cm³/mol. The van der Waals surface area contributed by atoms with Crippen LogP contribution in [0.4, 0.5) is 0 Å². The third-order valence-electron chi connectivity index (χ3n) is 2.65. The van der Waals surface area contributed by atoms with Crippen molar-refractivity contribution in [2.75, 3.05) is 53.6 Å². The summed E-state index contributed by atoms with van der Waals surface area (Å²) in [6, 6.07) is 0.581. The highest BCUT2D eigenvalue weighted by Gasteiger charge is 2.06. The summed E-state index contributed by atoms with van der Waals surface area (Å²) in [6.45, 7) is 10.1. The maximum Gasteiger partial charge on any atom is 0.0589 e. The van der Waals surface area contributed by atoms with Gasteiger partial charge in [-0.3, -0.25) is 4.90 Å². The first-order valence-electron chi connectivity index (χ1n) is 6.18. The smallest absolute Gasteiger partial charge is 0.0589 e. The summed E-state index contributed by atoms with van der Waals surface area (Å²) in [7, 11) is 3.49. The second kappa shape index (κ2) is 11.3. The van der Waals surface area contributed by atoms with Crippen LogP contribution in [-0.4, -0.2) is 64.6 Å². The molecule has 0 fully saturated rings. The molecular formula is C12H28N2O2. The van der Waals surface area contributed by atoms with Crippen LogP contribution >= 0.6 is 0 Å². The van der Waals surface area contributed by atoms with Crippen LogP contribution in [0.3, 0.4) is 0 Å². The van der Waals surface area contributed by atoms with Crippen molar-refractivity contribution in [2.45, 2.75) is 26.3 Å². The van der Waals surface area contributed by atoms with Gasteiger partial charge in [-0.2, -0.15) is 0 Å². The van der Waals surface area contributed by atoms with Gasteiger partial charge in [-0.25, -0.2) is 0 Å². The molecule has 98 valence electrons. The van der Waals surface area contributed by atoms with Crippen LogP contribution in [0.25, 0.3) is 0 Å². The van der Waals surface area contributed by atoms with Crippen LogP contribution in [0.15, 0.2) is 0 Å². The van der Waals surface area contributed by atoms with Crippen LogP contribution in [0, 0.1) is 0 Å². The van der Waals surface area contributed by atoms with Crippen molar-refractivity contribution >= 4 is 0 Å². The third-order valence-corrected chi connectivity index (χ3v) is 2.65. The van der Waals surface area contributed by atoms with Crippen molar-refractivity contribution in [3.8, 4) is 0 Å². The Bertz CT molecular complexity index is 137. The van der Waals surface area contributed by atoms with Crippen LogP contribution in [0.2, 0.25) is 0 Å². The average Bonchev–Trinajstić information content (AvgIpc) is 2.28. The first-order valence-corrected chi connectivity index (χ1v) is 6.18. The van der Waals surface area contributed by atoms with Gasteiger partial charge in [0.15, 0.2) is 0 Å². The van der Waals surface area contributed by atoms with E-state index in [9.17, 15) is 0 Å². The molecule has 0 aliphatic heterocycles. The molecule has 4 heteroatoms. The van der Waals surface area contributed by atoms with E-state index in [1.54, 1.807) is 14.2 Å². The standard InChI is InChI=1S/C12H28N2O2/c1-5-13-12(2)6-7-14(8-10-15-3)9-11-16-4/h12-13H,5-11H2,1-4H3. The van der Waals surface area contributed by atoms with Crippen molar-refractivity contribution in [3.63, 3.8) is 0 Å². The highest BCUT2D eigenvalue weighted by Crippen LogP contribution is 1.96. The molecule has 0 saturated heterocycles. The first kappa shape index (κ1) is 15.8. The van der Waals surface area contributed by atoms with Crippen molar-refractivity contribution in [2.24, 2.45) is 0 Å². The second-order valence-corrected chi connectivity index (χ2v) is 4.07. The number of rotatable bonds is 11. The van der Waals surface area contributed by atoms with Gasteiger partial charge in [-0.1, -0.05) is 6.92 Å². The Morgan fingerprint density at radius 3 is 2.06 bits per heavy atom. The fourth-order valence-corrected chi connectivity index (χ4v) is 1.60. The Kier molecular flexibility index (Phi) is 11.2. The van der Waals surface area contributed by atoms with Gasteiger partial charge in [-0.15, -0.1) is 0 Å². The molecule has 1 unspecified atom stereocenters. The van der Waals surface area contributed by atoms with Crippen molar-refractivity contribution in [1.82, 2.24) is 10.2 Å². The van der Waals surface area contributed by atoms with Gasteiger partial charge in [0.25, 0.3) is 0 Å². The van der Waals surface area contributed by atoms with Crippen LogP contribution in [0.5, 0.6) is 0 Å². The molecule has 0 radical (unpaired) electrons. The van der Waals surface area contributed by atoms with Crippen LogP contribution in [0.1, 0.15) is 20.3 Å². The lowest BCUT2D eigenvalue weighted by molar-refractivity contribution is 0.112. The second-order valence-electron chi connectivity index (χ2n) is 4.07. The number of ether oxygens (including phenoxy) is 2. The Morgan fingerprint density at radius 2 is 1.62 bits per heavy atom. The normalized spacial score (nSPS) is 13.3. The summed E-state index contributed by atoms with van der Waals surface area (Å²) in [5.41, 5.74) is 0. The number of nitrogens with one attached hydrogen (secondary N) is 1. The zero-order valence-electron chi connectivity index (χ0n) is 11.3. The summed E-state index contributed by atoms with van der Waals surface area (Å²) in [6.07, 6.45) is 1.17. The molecule has 16 heavy (non-hydrogen) atoms. The monoisotopic (exact) mass is 232 g/mol. The molecule has 0 heterocycles. The summed E-state index contributed by atoms with van der Waals surface area (Å²) in [4.78, 5) is 2.39. The van der Waals surface area contributed by atoms with E-state index < -0.39 is 0 Å². The van der Waals surface area contributed by atoms with Gasteiger partial charge in [0.2, 0.25) is 0 Å². The molecule has 0 bridgehead atoms. The minimum absolute atomic E-state index is 0.581. The maximum atomic E-state index is 5.11. The van der Waals surface area contributed by atoms with E-state index >= 15 is 0 Å². The minimum atomic E-state index is 0.581. The van der Waals surface area contributed by atoms with E-state index in [2.05, 4.69) is 24.1 Å². The van der Waals surface area contributed by atoms with Crippen molar-refractivity contribution < 1.29 is 9.47 Å². The van der Waals surface area contributed by atoms with Gasteiger partial charge >= 0.3 is 0 Å². The maximum absolute atomic E-state index is 5.11. The highest BCUT2D eigenvalue weighted by molar-refractivity contribution is 4.64. The number of methoxy groups -OCH3 is 2. The zero-order valence-corrected chi connectivity index (χ0v) is 11.3. The largest absolute Gasteiger partial charge is 0.383 e. The Morgan fingerprint density at radius 1 is 1.06 bits per heavy atom. The zero-order chi connectivity index (χ0) is 12.2. The molecule has 0 aromatic rings. The third kappa shape index (κ3) is 9.09. The number of hydrogen-bond donors (Lipinski definition) is 1. The molecular weight excluding hydrogens is 204 g/mol. The minimum Gasteiger partial charge on any atom is -0.383 e. The topological polar surface area (TPSA) is 33.7 Å². The molecule has 0 amide bonds. The summed E-state index contributed by atoms with van der Waals surface area (Å²) >= 11 is 0. The lowest BCUT2D eigenvalue weighted by Gasteiger charge is -2.23. The molecule has 0 aliphatic carbocycles. The quantitative estimate of drug-likeness (QED) is 0.575. The van der Waals surface area contributed by atoms with Crippen molar-refractivity contribution in [1.29, 1.82) is 0 Å². The molecule has 0 spiro atoms. The Hall–Kier alpha value is -0.160. The lowest BCUT2D eigenvalue weighted by atomic mass is 10.2. The fraction of sp³-hybridized carbons (Fsp3) is 1.00. The molecule has 1 atom stereocenters. The SMILES string of the molecule is CCNC(C)CCN(CCOC)CCOC. The predicted octanol–water partition coefficient (Wildman–Crippen LogP) is 0.969. The van der Waals surface area contributed by atoms with E-state index in [4.69, 9.17) is 9.47 Å². The first-order chi connectivity index (χ1) is 7.74. The van der Waals surface area contributed by atoms with E-state index in [1.807, 2.05) is 0 Å². The fourth-order valence-electron chi connectivity index (χ4n) is 1.60. The Labute approximate surface area is 100 Å². The lowest BCUT2D eigenvalue weighted by Crippen LogP contribution is -2.35. The van der Waals surface area contributed by atoms with Gasteiger partial charge in [0.1, 0.15) is 0 Å². The van der Waals surface area contributed by atoms with Crippen molar-refractivity contribution in [3.05, 3.63) is 0 Å². The van der Waals surface area contributed by atoms with Gasteiger partial charge < -0.3 is 14.8 Å². The molecule has 0 saturated carbocycles. The number of hydrogen-bond acceptors (Lipinski definition) is 4. The number of nitrogens with zero attached hydrogens (tertiary/aromatic N) is 1.